The summed E-state index contributed by atoms with van der Waals surface area (Å²) < 4.78 is 41.7. The highest BCUT2D eigenvalue weighted by Gasteiger charge is 2.31. The summed E-state index contributed by atoms with van der Waals surface area (Å²) in [5.74, 6) is 0.149. The molecule has 5 aromatic rings. The van der Waals surface area contributed by atoms with Crippen LogP contribution >= 0.6 is 11.3 Å². The Morgan fingerprint density at radius 1 is 1.00 bits per heavy atom. The second-order valence-corrected chi connectivity index (χ2v) is 8.10. The van der Waals surface area contributed by atoms with E-state index in [-0.39, 0.29) is 5.75 Å². The molecule has 0 aliphatic heterocycles. The quantitative estimate of drug-likeness (QED) is 0.301. The lowest BCUT2D eigenvalue weighted by atomic mass is 10.2. The number of nitrogens with zero attached hydrogens (tertiary/aromatic N) is 3. The number of hydrogen-bond acceptors (Lipinski definition) is 6. The first kappa shape index (κ1) is 21.0. The number of aromatic amines is 1. The van der Waals surface area contributed by atoms with Gasteiger partial charge < -0.3 is 15.0 Å². The first-order chi connectivity index (χ1) is 15.8. The Hall–Kier alpha value is -3.92. The topological polar surface area (TPSA) is 75.7 Å². The van der Waals surface area contributed by atoms with Crippen molar-refractivity contribution in [1.82, 2.24) is 19.9 Å². The Bertz CT molecular complexity index is 1430. The summed E-state index contributed by atoms with van der Waals surface area (Å²) in [5.41, 5.74) is 5.57. The molecular weight excluding hydrogens is 451 g/mol. The molecule has 0 aliphatic carbocycles. The van der Waals surface area contributed by atoms with Crippen molar-refractivity contribution in [2.24, 2.45) is 0 Å². The second-order valence-electron chi connectivity index (χ2n) is 7.24. The minimum Gasteiger partial charge on any atom is -0.406 e. The van der Waals surface area contributed by atoms with Crippen molar-refractivity contribution >= 4 is 33.2 Å². The SMILES string of the molecule is Cc1cc2[nH]c(-c3cccc(OC(F)(F)F)c3)nc2cc1Nc1nc(-c2ccncc2)cs1. The van der Waals surface area contributed by atoms with Crippen LogP contribution in [0.2, 0.25) is 0 Å². The van der Waals surface area contributed by atoms with E-state index >= 15 is 0 Å². The normalized spacial score (nSPS) is 11.6. The lowest BCUT2D eigenvalue weighted by molar-refractivity contribution is -0.274. The Morgan fingerprint density at radius 3 is 2.61 bits per heavy atom. The number of aryl methyl sites for hydroxylation is 1. The van der Waals surface area contributed by atoms with Gasteiger partial charge in [0.1, 0.15) is 11.6 Å². The van der Waals surface area contributed by atoms with Crippen LogP contribution in [0.1, 0.15) is 5.56 Å². The number of thiazole rings is 1. The molecule has 10 heteroatoms. The molecule has 0 atom stereocenters. The number of hydrogen-bond donors (Lipinski definition) is 2. The van der Waals surface area contributed by atoms with Gasteiger partial charge in [0.05, 0.1) is 16.7 Å². The molecule has 0 bridgehead atoms. The molecule has 3 heterocycles. The molecule has 3 aromatic heterocycles. The van der Waals surface area contributed by atoms with Gasteiger partial charge in [0, 0.05) is 34.6 Å². The zero-order valence-corrected chi connectivity index (χ0v) is 18.0. The summed E-state index contributed by atoms with van der Waals surface area (Å²) in [4.78, 5) is 16.4. The van der Waals surface area contributed by atoms with Gasteiger partial charge in [0.2, 0.25) is 0 Å². The van der Waals surface area contributed by atoms with Crippen molar-refractivity contribution in [3.8, 4) is 28.4 Å². The van der Waals surface area contributed by atoms with Gasteiger partial charge in [-0.3, -0.25) is 4.98 Å². The van der Waals surface area contributed by atoms with Crippen LogP contribution in [0.15, 0.2) is 66.3 Å². The van der Waals surface area contributed by atoms with Gasteiger partial charge in [0.25, 0.3) is 0 Å². The lowest BCUT2D eigenvalue weighted by Crippen LogP contribution is -2.17. The molecule has 6 nitrogen and oxygen atoms in total. The summed E-state index contributed by atoms with van der Waals surface area (Å²) >= 11 is 1.48. The number of alkyl halides is 3. The number of nitrogens with one attached hydrogen (secondary N) is 2. The molecule has 0 aliphatic rings. The molecule has 5 rings (SSSR count). The van der Waals surface area contributed by atoms with E-state index in [1.165, 1.54) is 29.5 Å². The summed E-state index contributed by atoms with van der Waals surface area (Å²) in [6, 6.07) is 13.3. The molecule has 166 valence electrons. The first-order valence-electron chi connectivity index (χ1n) is 9.83. The van der Waals surface area contributed by atoms with E-state index in [2.05, 4.69) is 30.0 Å². The number of halogens is 3. The fraction of sp³-hybridized carbons (Fsp3) is 0.0870. The number of aromatic nitrogens is 4. The highest BCUT2D eigenvalue weighted by atomic mass is 32.1. The van der Waals surface area contributed by atoms with Crippen molar-refractivity contribution < 1.29 is 17.9 Å². The monoisotopic (exact) mass is 467 g/mol. The first-order valence-corrected chi connectivity index (χ1v) is 10.7. The van der Waals surface area contributed by atoms with E-state index in [9.17, 15) is 13.2 Å². The van der Waals surface area contributed by atoms with Gasteiger partial charge in [-0.25, -0.2) is 9.97 Å². The predicted octanol–water partition coefficient (Wildman–Crippen LogP) is 6.70. The molecule has 33 heavy (non-hydrogen) atoms. The van der Waals surface area contributed by atoms with Gasteiger partial charge >= 0.3 is 6.36 Å². The third-order valence-corrected chi connectivity index (χ3v) is 5.65. The van der Waals surface area contributed by atoms with Crippen LogP contribution in [0.25, 0.3) is 33.7 Å². The molecule has 0 spiro atoms. The van der Waals surface area contributed by atoms with Crippen LogP contribution in [0.5, 0.6) is 5.75 Å². The number of H-pyrrole nitrogens is 1. The molecule has 2 aromatic carbocycles. The lowest BCUT2D eigenvalue weighted by Gasteiger charge is -2.09. The Labute approximate surface area is 190 Å². The van der Waals surface area contributed by atoms with Crippen molar-refractivity contribution in [2.45, 2.75) is 13.3 Å². The third kappa shape index (κ3) is 4.65. The van der Waals surface area contributed by atoms with E-state index in [1.54, 1.807) is 18.5 Å². The Kier molecular flexibility index (Phi) is 5.21. The smallest absolute Gasteiger partial charge is 0.406 e. The zero-order valence-electron chi connectivity index (χ0n) is 17.1. The number of imidazole rings is 1. The number of rotatable bonds is 5. The van der Waals surface area contributed by atoms with Gasteiger partial charge in [-0.2, -0.15) is 0 Å². The Balaban J connectivity index is 1.42. The van der Waals surface area contributed by atoms with Crippen LogP contribution in [-0.2, 0) is 0 Å². The van der Waals surface area contributed by atoms with Crippen LogP contribution in [0, 0.1) is 6.92 Å². The van der Waals surface area contributed by atoms with Crippen LogP contribution in [0.3, 0.4) is 0 Å². The fourth-order valence-electron chi connectivity index (χ4n) is 3.38. The zero-order chi connectivity index (χ0) is 23.0. The number of benzene rings is 2. The van der Waals surface area contributed by atoms with Crippen molar-refractivity contribution in [2.75, 3.05) is 5.32 Å². The van der Waals surface area contributed by atoms with E-state index < -0.39 is 6.36 Å². The number of ether oxygens (including phenoxy) is 1. The largest absolute Gasteiger partial charge is 0.573 e. The minimum absolute atomic E-state index is 0.298. The number of fused-ring (bicyclic) bond motifs is 1. The summed E-state index contributed by atoms with van der Waals surface area (Å²) in [5, 5.41) is 6.03. The van der Waals surface area contributed by atoms with E-state index in [4.69, 9.17) is 0 Å². The standard InChI is InChI=1S/C23H16F3N5OS/c1-13-9-18-19(29-21(28-18)15-3-2-4-16(10-15)32-23(24,25)26)11-17(13)30-22-31-20(12-33-22)14-5-7-27-8-6-14/h2-12H,1H3,(H,28,29)(H,30,31). The maximum absolute atomic E-state index is 12.5. The fourth-order valence-corrected chi connectivity index (χ4v) is 4.11. The molecule has 0 radical (unpaired) electrons. The number of pyridine rings is 1. The van der Waals surface area contributed by atoms with Gasteiger partial charge in [-0.15, -0.1) is 24.5 Å². The average Bonchev–Trinajstić information content (AvgIpc) is 3.41. The van der Waals surface area contributed by atoms with Crippen LogP contribution in [0.4, 0.5) is 24.0 Å². The van der Waals surface area contributed by atoms with E-state index in [0.717, 1.165) is 33.2 Å². The number of anilines is 2. The van der Waals surface area contributed by atoms with Gasteiger partial charge in [-0.1, -0.05) is 12.1 Å². The minimum atomic E-state index is -4.75. The molecule has 0 saturated carbocycles. The highest BCUT2D eigenvalue weighted by Crippen LogP contribution is 2.32. The van der Waals surface area contributed by atoms with Gasteiger partial charge in [-0.05, 0) is 48.9 Å². The predicted molar refractivity (Wildman–Crippen MR) is 122 cm³/mol. The molecule has 0 unspecified atom stereocenters. The van der Waals surface area contributed by atoms with Crippen LogP contribution < -0.4 is 10.1 Å². The maximum Gasteiger partial charge on any atom is 0.573 e. The maximum atomic E-state index is 12.5. The Morgan fingerprint density at radius 2 is 1.82 bits per heavy atom. The van der Waals surface area contributed by atoms with Gasteiger partial charge in [0.15, 0.2) is 5.13 Å². The highest BCUT2D eigenvalue weighted by molar-refractivity contribution is 7.14. The van der Waals surface area contributed by atoms with Crippen LogP contribution in [-0.4, -0.2) is 26.3 Å². The van der Waals surface area contributed by atoms with Crippen molar-refractivity contribution in [3.05, 3.63) is 71.9 Å². The van der Waals surface area contributed by atoms with E-state index in [0.29, 0.717) is 16.9 Å². The second kappa shape index (κ2) is 8.21. The van der Waals surface area contributed by atoms with Crippen molar-refractivity contribution in [3.63, 3.8) is 0 Å². The third-order valence-electron chi connectivity index (χ3n) is 4.89. The summed E-state index contributed by atoms with van der Waals surface area (Å²) in [6.07, 6.45) is -1.31. The average molecular weight is 467 g/mol. The van der Waals surface area contributed by atoms with Crippen molar-refractivity contribution in [1.29, 1.82) is 0 Å². The molecule has 0 amide bonds. The molecule has 0 saturated heterocycles. The summed E-state index contributed by atoms with van der Waals surface area (Å²) in [7, 11) is 0. The van der Waals surface area contributed by atoms with E-state index in [1.807, 2.05) is 36.6 Å². The molecule has 0 fully saturated rings. The molecule has 2 N–H and O–H groups in total. The summed E-state index contributed by atoms with van der Waals surface area (Å²) in [6.45, 7) is 1.96. The molecular formula is C23H16F3N5OS.